The van der Waals surface area contributed by atoms with Crippen LogP contribution in [0, 0.1) is 5.92 Å². The van der Waals surface area contributed by atoms with Gasteiger partial charge in [0, 0.05) is 7.11 Å². The van der Waals surface area contributed by atoms with Crippen LogP contribution in [-0.2, 0) is 14.3 Å². The molecule has 0 bridgehead atoms. The first-order valence-electron chi connectivity index (χ1n) is 4.35. The molecule has 0 radical (unpaired) electrons. The number of alkyl halides is 2. The maximum Gasteiger partial charge on any atom is 0.242 e. The number of carbonyl (C=O) groups excluding carboxylic acids is 2. The van der Waals surface area contributed by atoms with Crippen molar-refractivity contribution in [2.75, 3.05) is 13.7 Å². The molecule has 0 aliphatic heterocycles. The van der Waals surface area contributed by atoms with Crippen LogP contribution in [0.4, 0.5) is 0 Å². The molecule has 3 N–H and O–H groups in total. The molecule has 0 aromatic rings. The summed E-state index contributed by atoms with van der Waals surface area (Å²) in [6.07, 6.45) is 0.389. The fourth-order valence-electron chi connectivity index (χ4n) is 1.13. The second-order valence-corrected chi connectivity index (χ2v) is 4.98. The molecule has 0 aromatic carbocycles. The van der Waals surface area contributed by atoms with E-state index >= 15 is 0 Å². The van der Waals surface area contributed by atoms with Crippen molar-refractivity contribution in [3.63, 3.8) is 0 Å². The maximum atomic E-state index is 11.5. The van der Waals surface area contributed by atoms with E-state index in [1.54, 1.807) is 0 Å². The van der Waals surface area contributed by atoms with Gasteiger partial charge in [0.15, 0.2) is 0 Å². The Morgan fingerprint density at radius 2 is 2.20 bits per heavy atom. The van der Waals surface area contributed by atoms with E-state index in [9.17, 15) is 9.59 Å². The zero-order valence-electron chi connectivity index (χ0n) is 8.13. The second-order valence-electron chi connectivity index (χ2n) is 3.44. The van der Waals surface area contributed by atoms with Gasteiger partial charge in [0.1, 0.15) is 10.4 Å². The molecule has 0 spiro atoms. The van der Waals surface area contributed by atoms with Gasteiger partial charge in [0.25, 0.3) is 0 Å². The quantitative estimate of drug-likeness (QED) is 0.667. The predicted octanol–water partition coefficient (Wildman–Crippen LogP) is -0.203. The van der Waals surface area contributed by atoms with Gasteiger partial charge in [-0.25, -0.2) is 0 Å². The number of nitrogens with two attached hydrogens (primary N) is 1. The summed E-state index contributed by atoms with van der Waals surface area (Å²) in [6, 6.07) is -0.841. The Labute approximate surface area is 97.2 Å². The summed E-state index contributed by atoms with van der Waals surface area (Å²) >= 11 is 11.4. The van der Waals surface area contributed by atoms with Crippen molar-refractivity contribution in [3.8, 4) is 0 Å². The van der Waals surface area contributed by atoms with E-state index in [1.165, 1.54) is 7.11 Å². The first-order chi connectivity index (χ1) is 6.88. The van der Waals surface area contributed by atoms with Gasteiger partial charge in [0.2, 0.25) is 11.8 Å². The molecule has 0 aromatic heterocycles. The van der Waals surface area contributed by atoms with E-state index in [0.717, 1.165) is 0 Å². The minimum absolute atomic E-state index is 0.0331. The lowest BCUT2D eigenvalue weighted by Gasteiger charge is -2.14. The van der Waals surface area contributed by atoms with Crippen LogP contribution in [0.1, 0.15) is 6.42 Å². The van der Waals surface area contributed by atoms with Crippen molar-refractivity contribution < 1.29 is 14.3 Å². The van der Waals surface area contributed by atoms with Gasteiger partial charge in [-0.15, -0.1) is 23.2 Å². The van der Waals surface area contributed by atoms with E-state index in [1.807, 2.05) is 0 Å². The van der Waals surface area contributed by atoms with Crippen molar-refractivity contribution in [2.45, 2.75) is 16.8 Å². The number of carbonyl (C=O) groups is 2. The molecule has 2 amide bonds. The van der Waals surface area contributed by atoms with Gasteiger partial charge < -0.3 is 15.8 Å². The van der Waals surface area contributed by atoms with E-state index in [2.05, 4.69) is 5.32 Å². The third kappa shape index (κ3) is 3.22. The molecule has 0 saturated heterocycles. The average molecular weight is 255 g/mol. The predicted molar refractivity (Wildman–Crippen MR) is 55.5 cm³/mol. The fraction of sp³-hybridized carbons (Fsp3) is 0.750. The Hall–Kier alpha value is -0.520. The summed E-state index contributed by atoms with van der Waals surface area (Å²) in [5.74, 6) is -1.50. The number of hydrogen-bond acceptors (Lipinski definition) is 3. The topological polar surface area (TPSA) is 81.4 Å². The minimum Gasteiger partial charge on any atom is -0.382 e. The lowest BCUT2D eigenvalue weighted by Crippen LogP contribution is -2.48. The highest BCUT2D eigenvalue weighted by Crippen LogP contribution is 2.53. The molecule has 5 nitrogen and oxygen atoms in total. The molecule has 0 heterocycles. The number of methoxy groups -OCH3 is 1. The molecule has 1 rings (SSSR count). The van der Waals surface area contributed by atoms with Gasteiger partial charge in [-0.2, -0.15) is 0 Å². The average Bonchev–Trinajstić information content (AvgIpc) is 2.74. The van der Waals surface area contributed by atoms with Crippen molar-refractivity contribution in [1.82, 2.24) is 5.32 Å². The molecule has 1 aliphatic rings. The Kier molecular flexibility index (Phi) is 3.81. The van der Waals surface area contributed by atoms with Crippen molar-refractivity contribution in [1.29, 1.82) is 0 Å². The van der Waals surface area contributed by atoms with Crippen LogP contribution in [0.25, 0.3) is 0 Å². The number of nitrogens with one attached hydrogen (secondary N) is 1. The Morgan fingerprint density at radius 3 is 2.53 bits per heavy atom. The standard InChI is InChI=1S/C8H12Cl2N2O3/c1-15-3-5(6(11)13)12-7(14)4-2-8(4,9)10/h4-5H,2-3H2,1H3,(H2,11,13)(H,12,14)/t4-,5-/m0/s1. The first kappa shape index (κ1) is 12.5. The molecule has 7 heteroatoms. The number of amides is 2. The van der Waals surface area contributed by atoms with E-state index in [0.29, 0.717) is 6.42 Å². The Morgan fingerprint density at radius 1 is 1.67 bits per heavy atom. The first-order valence-corrected chi connectivity index (χ1v) is 5.10. The highest BCUT2D eigenvalue weighted by atomic mass is 35.5. The molecule has 2 atom stereocenters. The highest BCUT2D eigenvalue weighted by Gasteiger charge is 2.56. The molecule has 1 saturated carbocycles. The van der Waals surface area contributed by atoms with Crippen LogP contribution >= 0.6 is 23.2 Å². The molecule has 86 valence electrons. The summed E-state index contributed by atoms with van der Waals surface area (Å²) in [5.41, 5.74) is 5.06. The smallest absolute Gasteiger partial charge is 0.242 e. The number of rotatable bonds is 5. The number of ether oxygens (including phenoxy) is 1. The monoisotopic (exact) mass is 254 g/mol. The zero-order chi connectivity index (χ0) is 11.6. The largest absolute Gasteiger partial charge is 0.382 e. The number of primary amides is 1. The van der Waals surface area contributed by atoms with Crippen LogP contribution in [0.5, 0.6) is 0 Å². The molecule has 1 aliphatic carbocycles. The molecular formula is C8H12Cl2N2O3. The Bertz CT molecular complexity index is 283. The molecule has 0 unspecified atom stereocenters. The number of halogens is 2. The van der Waals surface area contributed by atoms with Gasteiger partial charge in [-0.3, -0.25) is 9.59 Å². The lowest BCUT2D eigenvalue weighted by atomic mass is 10.2. The summed E-state index contributed by atoms with van der Waals surface area (Å²) in [5, 5.41) is 2.43. The van der Waals surface area contributed by atoms with E-state index < -0.39 is 22.2 Å². The second kappa shape index (κ2) is 4.55. The normalized spacial score (nSPS) is 24.3. The van der Waals surface area contributed by atoms with Gasteiger partial charge in [-0.1, -0.05) is 0 Å². The molecule has 15 heavy (non-hydrogen) atoms. The fourth-order valence-corrected chi connectivity index (χ4v) is 1.64. The summed E-state index contributed by atoms with van der Waals surface area (Å²) in [4.78, 5) is 22.4. The Balaban J connectivity index is 2.45. The summed E-state index contributed by atoms with van der Waals surface area (Å²) in [7, 11) is 1.41. The van der Waals surface area contributed by atoms with Crippen LogP contribution in [0.3, 0.4) is 0 Å². The summed E-state index contributed by atoms with van der Waals surface area (Å²) < 4.78 is 3.74. The van der Waals surface area contributed by atoms with Crippen molar-refractivity contribution in [2.24, 2.45) is 11.7 Å². The zero-order valence-corrected chi connectivity index (χ0v) is 9.64. The van der Waals surface area contributed by atoms with Crippen molar-refractivity contribution >= 4 is 35.0 Å². The number of hydrogen-bond donors (Lipinski definition) is 2. The van der Waals surface area contributed by atoms with Gasteiger partial charge in [-0.05, 0) is 6.42 Å². The lowest BCUT2D eigenvalue weighted by molar-refractivity contribution is -0.129. The molecule has 1 fully saturated rings. The van der Waals surface area contributed by atoms with E-state index in [4.69, 9.17) is 33.7 Å². The SMILES string of the molecule is COC[C@H](NC(=O)[C@@H]1CC1(Cl)Cl)C(N)=O. The maximum absolute atomic E-state index is 11.5. The highest BCUT2D eigenvalue weighted by molar-refractivity contribution is 6.52. The molecular weight excluding hydrogens is 243 g/mol. The third-order valence-corrected chi connectivity index (χ3v) is 2.97. The van der Waals surface area contributed by atoms with Crippen molar-refractivity contribution in [3.05, 3.63) is 0 Å². The minimum atomic E-state index is -1.00. The van der Waals surface area contributed by atoms with Gasteiger partial charge >= 0.3 is 0 Å². The third-order valence-electron chi connectivity index (χ3n) is 2.14. The summed E-state index contributed by atoms with van der Waals surface area (Å²) in [6.45, 7) is 0.0331. The van der Waals surface area contributed by atoms with Crippen LogP contribution in [0.2, 0.25) is 0 Å². The van der Waals surface area contributed by atoms with Crippen LogP contribution in [-0.4, -0.2) is 35.9 Å². The van der Waals surface area contributed by atoms with Gasteiger partial charge in [0.05, 0.1) is 12.5 Å². The van der Waals surface area contributed by atoms with Crippen LogP contribution in [0.15, 0.2) is 0 Å². The van der Waals surface area contributed by atoms with Crippen LogP contribution < -0.4 is 11.1 Å². The van der Waals surface area contributed by atoms with E-state index in [-0.39, 0.29) is 12.5 Å².